The lowest BCUT2D eigenvalue weighted by atomic mass is 9.95. The molecule has 2 rings (SSSR count). The molecule has 1 fully saturated rings. The second kappa shape index (κ2) is 6.88. The van der Waals surface area contributed by atoms with Gasteiger partial charge in [0, 0.05) is 25.7 Å². The van der Waals surface area contributed by atoms with Gasteiger partial charge in [-0.15, -0.1) is 0 Å². The van der Waals surface area contributed by atoms with Gasteiger partial charge in [-0.05, 0) is 38.8 Å². The highest BCUT2D eigenvalue weighted by atomic mass is 15.2. The van der Waals surface area contributed by atoms with Crippen molar-refractivity contribution in [2.24, 2.45) is 5.41 Å². The van der Waals surface area contributed by atoms with E-state index in [4.69, 9.17) is 5.26 Å². The van der Waals surface area contributed by atoms with Crippen molar-refractivity contribution in [1.29, 1.82) is 5.26 Å². The first kappa shape index (κ1) is 15.0. The molecule has 3 nitrogen and oxygen atoms in total. The molecule has 1 unspecified atom stereocenters. The van der Waals surface area contributed by atoms with Crippen molar-refractivity contribution in [2.45, 2.75) is 32.7 Å². The Kier molecular flexibility index (Phi) is 5.17. The van der Waals surface area contributed by atoms with Crippen LogP contribution in [0, 0.1) is 16.7 Å². The lowest BCUT2D eigenvalue weighted by Gasteiger charge is -2.20. The molecule has 1 aliphatic rings. The predicted octanol–water partition coefficient (Wildman–Crippen LogP) is 2.44. The van der Waals surface area contributed by atoms with E-state index in [0.29, 0.717) is 6.04 Å². The first-order chi connectivity index (χ1) is 9.59. The number of hydrogen-bond donors (Lipinski definition) is 1. The first-order valence-corrected chi connectivity index (χ1v) is 7.50. The summed E-state index contributed by atoms with van der Waals surface area (Å²) in [5.74, 6) is 0. The molecule has 20 heavy (non-hydrogen) atoms. The molecule has 0 aliphatic carbocycles. The summed E-state index contributed by atoms with van der Waals surface area (Å²) in [6.45, 7) is 8.15. The minimum Gasteiger partial charge on any atom is -0.311 e. The van der Waals surface area contributed by atoms with E-state index in [-0.39, 0.29) is 5.41 Å². The molecule has 0 bridgehead atoms. The second-order valence-electron chi connectivity index (χ2n) is 6.40. The Morgan fingerprint density at radius 2 is 2.10 bits per heavy atom. The number of nitrogens with zero attached hydrogens (tertiary/aromatic N) is 2. The normalized spacial score (nSPS) is 19.9. The molecule has 1 heterocycles. The number of rotatable bonds is 6. The van der Waals surface area contributed by atoms with Crippen molar-refractivity contribution in [3.63, 3.8) is 0 Å². The minimum atomic E-state index is -0.266. The highest BCUT2D eigenvalue weighted by Crippen LogP contribution is 2.15. The molecule has 0 radical (unpaired) electrons. The molecule has 0 spiro atoms. The summed E-state index contributed by atoms with van der Waals surface area (Å²) in [4.78, 5) is 2.52. The summed E-state index contributed by atoms with van der Waals surface area (Å²) in [7, 11) is 0. The van der Waals surface area contributed by atoms with Gasteiger partial charge in [0.2, 0.25) is 0 Å². The van der Waals surface area contributed by atoms with Gasteiger partial charge in [-0.2, -0.15) is 5.26 Å². The number of benzene rings is 1. The van der Waals surface area contributed by atoms with E-state index in [0.717, 1.165) is 32.6 Å². The summed E-state index contributed by atoms with van der Waals surface area (Å²) < 4.78 is 0. The van der Waals surface area contributed by atoms with Crippen LogP contribution in [0.5, 0.6) is 0 Å². The van der Waals surface area contributed by atoms with E-state index in [9.17, 15) is 0 Å². The van der Waals surface area contributed by atoms with Crippen molar-refractivity contribution in [1.82, 2.24) is 10.2 Å². The molecule has 1 atom stereocenters. The first-order valence-electron chi connectivity index (χ1n) is 7.50. The molecule has 0 amide bonds. The average Bonchev–Trinajstić information content (AvgIpc) is 2.92. The Labute approximate surface area is 122 Å². The van der Waals surface area contributed by atoms with E-state index in [2.05, 4.69) is 46.6 Å². The van der Waals surface area contributed by atoms with Gasteiger partial charge in [0.15, 0.2) is 0 Å². The van der Waals surface area contributed by atoms with Crippen molar-refractivity contribution in [3.05, 3.63) is 35.9 Å². The van der Waals surface area contributed by atoms with Crippen LogP contribution in [0.4, 0.5) is 0 Å². The van der Waals surface area contributed by atoms with Crippen LogP contribution in [0.2, 0.25) is 0 Å². The van der Waals surface area contributed by atoms with E-state index in [1.807, 2.05) is 13.8 Å². The Hall–Kier alpha value is -1.37. The second-order valence-corrected chi connectivity index (χ2v) is 6.40. The fourth-order valence-electron chi connectivity index (χ4n) is 2.57. The van der Waals surface area contributed by atoms with Gasteiger partial charge < -0.3 is 10.2 Å². The van der Waals surface area contributed by atoms with Gasteiger partial charge in [0.1, 0.15) is 0 Å². The van der Waals surface area contributed by atoms with Gasteiger partial charge in [-0.25, -0.2) is 0 Å². The van der Waals surface area contributed by atoms with Crippen LogP contribution < -0.4 is 5.32 Å². The SMILES string of the molecule is CC(C)(C#N)CNC1CCN(CCc2ccccc2)C1. The summed E-state index contributed by atoms with van der Waals surface area (Å²) in [6, 6.07) is 13.6. The highest BCUT2D eigenvalue weighted by Gasteiger charge is 2.24. The van der Waals surface area contributed by atoms with Crippen molar-refractivity contribution < 1.29 is 0 Å². The van der Waals surface area contributed by atoms with Crippen LogP contribution in [0.15, 0.2) is 30.3 Å². The van der Waals surface area contributed by atoms with Gasteiger partial charge >= 0.3 is 0 Å². The van der Waals surface area contributed by atoms with E-state index >= 15 is 0 Å². The average molecular weight is 271 g/mol. The van der Waals surface area contributed by atoms with E-state index in [1.54, 1.807) is 0 Å². The molecule has 0 aromatic heterocycles. The number of likely N-dealkylation sites (tertiary alicyclic amines) is 1. The van der Waals surface area contributed by atoms with Crippen molar-refractivity contribution >= 4 is 0 Å². The Morgan fingerprint density at radius 1 is 1.35 bits per heavy atom. The standard InChI is InChI=1S/C17H25N3/c1-17(2,13-18)14-19-16-9-11-20(12-16)10-8-15-6-4-3-5-7-15/h3-7,16,19H,8-12,14H2,1-2H3. The summed E-state index contributed by atoms with van der Waals surface area (Å²) in [5.41, 5.74) is 1.15. The maximum absolute atomic E-state index is 9.03. The summed E-state index contributed by atoms with van der Waals surface area (Å²) in [5, 5.41) is 12.6. The third-order valence-electron chi connectivity index (χ3n) is 3.97. The van der Waals surface area contributed by atoms with Gasteiger partial charge in [0.25, 0.3) is 0 Å². The lowest BCUT2D eigenvalue weighted by molar-refractivity contribution is 0.324. The van der Waals surface area contributed by atoms with Gasteiger partial charge in [0.05, 0.1) is 11.5 Å². The monoisotopic (exact) mass is 271 g/mol. The Balaban J connectivity index is 1.69. The summed E-state index contributed by atoms with van der Waals surface area (Å²) >= 11 is 0. The molecular formula is C17H25N3. The third kappa shape index (κ3) is 4.63. The van der Waals surface area contributed by atoms with E-state index < -0.39 is 0 Å². The molecule has 108 valence electrons. The maximum atomic E-state index is 9.03. The molecule has 0 saturated carbocycles. The lowest BCUT2D eigenvalue weighted by Crippen LogP contribution is -2.38. The number of hydrogen-bond acceptors (Lipinski definition) is 3. The molecule has 3 heteroatoms. The fraction of sp³-hybridized carbons (Fsp3) is 0.588. The van der Waals surface area contributed by atoms with Crippen LogP contribution in [0.1, 0.15) is 25.8 Å². The molecule has 1 N–H and O–H groups in total. The zero-order valence-corrected chi connectivity index (χ0v) is 12.6. The largest absolute Gasteiger partial charge is 0.311 e. The molecular weight excluding hydrogens is 246 g/mol. The smallest absolute Gasteiger partial charge is 0.0697 e. The van der Waals surface area contributed by atoms with Gasteiger partial charge in [-0.3, -0.25) is 0 Å². The molecule has 1 aliphatic heterocycles. The molecule has 1 saturated heterocycles. The zero-order chi connectivity index (χ0) is 14.4. The zero-order valence-electron chi connectivity index (χ0n) is 12.6. The minimum absolute atomic E-state index is 0.266. The highest BCUT2D eigenvalue weighted by molar-refractivity contribution is 5.14. The topological polar surface area (TPSA) is 39.1 Å². The maximum Gasteiger partial charge on any atom is 0.0697 e. The Morgan fingerprint density at radius 3 is 2.80 bits per heavy atom. The number of nitriles is 1. The molecule has 1 aromatic carbocycles. The van der Waals surface area contributed by atoms with Gasteiger partial charge in [-0.1, -0.05) is 30.3 Å². The van der Waals surface area contributed by atoms with Crippen LogP contribution in [-0.2, 0) is 6.42 Å². The van der Waals surface area contributed by atoms with Crippen molar-refractivity contribution in [3.8, 4) is 6.07 Å². The third-order valence-corrected chi connectivity index (χ3v) is 3.97. The predicted molar refractivity (Wildman–Crippen MR) is 82.4 cm³/mol. The Bertz CT molecular complexity index is 447. The number of nitrogens with one attached hydrogen (secondary N) is 1. The van der Waals surface area contributed by atoms with Crippen LogP contribution in [0.3, 0.4) is 0 Å². The van der Waals surface area contributed by atoms with Crippen LogP contribution in [-0.4, -0.2) is 37.1 Å². The fourth-order valence-corrected chi connectivity index (χ4v) is 2.57. The molecule has 1 aromatic rings. The quantitative estimate of drug-likeness (QED) is 0.864. The van der Waals surface area contributed by atoms with Crippen LogP contribution >= 0.6 is 0 Å². The summed E-state index contributed by atoms with van der Waals surface area (Å²) in [6.07, 6.45) is 2.31. The van der Waals surface area contributed by atoms with Crippen molar-refractivity contribution in [2.75, 3.05) is 26.2 Å². The van der Waals surface area contributed by atoms with Crippen LogP contribution in [0.25, 0.3) is 0 Å². The van der Waals surface area contributed by atoms with E-state index in [1.165, 1.54) is 12.0 Å².